The van der Waals surface area contributed by atoms with Crippen molar-refractivity contribution in [3.63, 3.8) is 0 Å². The maximum atomic E-state index is 5.77. The zero-order chi connectivity index (χ0) is 11.4. The lowest BCUT2D eigenvalue weighted by atomic mass is 9.88. The Bertz CT molecular complexity index is 191. The average Bonchev–Trinajstić information content (AvgIpc) is 2.27. The van der Waals surface area contributed by atoms with Crippen molar-refractivity contribution < 1.29 is 4.74 Å². The van der Waals surface area contributed by atoms with Crippen molar-refractivity contribution >= 4 is 0 Å². The van der Waals surface area contributed by atoms with Crippen LogP contribution in [0.2, 0.25) is 0 Å². The van der Waals surface area contributed by atoms with Crippen LogP contribution < -0.4 is 5.32 Å². The van der Waals surface area contributed by atoms with Crippen LogP contribution >= 0.6 is 0 Å². The highest BCUT2D eigenvalue weighted by molar-refractivity contribution is 4.80. The second-order valence-electron chi connectivity index (χ2n) is 5.84. The minimum atomic E-state index is 0.438. The largest absolute Gasteiger partial charge is 0.375 e. The molecule has 2 atom stereocenters. The zero-order valence-corrected chi connectivity index (χ0v) is 10.9. The van der Waals surface area contributed by atoms with Gasteiger partial charge in [-0.3, -0.25) is 0 Å². The van der Waals surface area contributed by atoms with E-state index in [0.29, 0.717) is 18.2 Å². The summed E-state index contributed by atoms with van der Waals surface area (Å²) in [4.78, 5) is 0. The van der Waals surface area contributed by atoms with Crippen molar-refractivity contribution in [1.82, 2.24) is 5.32 Å². The standard InChI is InChI=1S/C14H27NO/c1-11-8-14(9-12(2)16-11)15-10-13-6-4-3-5-7-13/h11-15H,3-10H2,1-2H3. The number of ether oxygens (including phenoxy) is 1. The van der Waals surface area contributed by atoms with Gasteiger partial charge in [-0.2, -0.15) is 0 Å². The van der Waals surface area contributed by atoms with Gasteiger partial charge in [0, 0.05) is 6.04 Å². The molecule has 2 aliphatic rings. The van der Waals surface area contributed by atoms with Crippen LogP contribution in [0.3, 0.4) is 0 Å². The molecule has 1 N–H and O–H groups in total. The Morgan fingerprint density at radius 1 is 1.00 bits per heavy atom. The lowest BCUT2D eigenvalue weighted by Crippen LogP contribution is -2.43. The van der Waals surface area contributed by atoms with E-state index in [4.69, 9.17) is 4.74 Å². The van der Waals surface area contributed by atoms with E-state index < -0.39 is 0 Å². The van der Waals surface area contributed by atoms with Crippen molar-refractivity contribution in [2.24, 2.45) is 5.92 Å². The van der Waals surface area contributed by atoms with E-state index in [9.17, 15) is 0 Å². The van der Waals surface area contributed by atoms with Crippen molar-refractivity contribution in [2.75, 3.05) is 6.54 Å². The van der Waals surface area contributed by atoms with Gasteiger partial charge in [-0.1, -0.05) is 19.3 Å². The topological polar surface area (TPSA) is 21.3 Å². The van der Waals surface area contributed by atoms with Gasteiger partial charge in [0.25, 0.3) is 0 Å². The second kappa shape index (κ2) is 6.02. The van der Waals surface area contributed by atoms with Gasteiger partial charge in [-0.25, -0.2) is 0 Å². The van der Waals surface area contributed by atoms with Gasteiger partial charge < -0.3 is 10.1 Å². The van der Waals surface area contributed by atoms with E-state index in [-0.39, 0.29) is 0 Å². The first-order valence-corrected chi connectivity index (χ1v) is 7.13. The molecule has 94 valence electrons. The van der Waals surface area contributed by atoms with Gasteiger partial charge >= 0.3 is 0 Å². The van der Waals surface area contributed by atoms with E-state index in [2.05, 4.69) is 19.2 Å². The van der Waals surface area contributed by atoms with Gasteiger partial charge in [-0.15, -0.1) is 0 Å². The Morgan fingerprint density at radius 2 is 1.62 bits per heavy atom. The van der Waals surface area contributed by atoms with Crippen LogP contribution in [0, 0.1) is 5.92 Å². The predicted molar refractivity (Wildman–Crippen MR) is 67.6 cm³/mol. The fraction of sp³-hybridized carbons (Fsp3) is 1.00. The highest BCUT2D eigenvalue weighted by Gasteiger charge is 2.24. The maximum absolute atomic E-state index is 5.77. The Kier molecular flexibility index (Phi) is 4.66. The third-order valence-electron chi connectivity index (χ3n) is 4.12. The maximum Gasteiger partial charge on any atom is 0.0565 e. The molecule has 2 nitrogen and oxygen atoms in total. The minimum Gasteiger partial charge on any atom is -0.375 e. The van der Waals surface area contributed by atoms with Crippen molar-refractivity contribution in [1.29, 1.82) is 0 Å². The van der Waals surface area contributed by atoms with Crippen LogP contribution in [0.1, 0.15) is 58.8 Å². The molecule has 16 heavy (non-hydrogen) atoms. The summed E-state index contributed by atoms with van der Waals surface area (Å²) in [7, 11) is 0. The van der Waals surface area contributed by atoms with Crippen molar-refractivity contribution in [3.8, 4) is 0 Å². The molecule has 0 amide bonds. The molecule has 1 aliphatic heterocycles. The summed E-state index contributed by atoms with van der Waals surface area (Å²) in [5.74, 6) is 0.946. The summed E-state index contributed by atoms with van der Waals surface area (Å²) >= 11 is 0. The van der Waals surface area contributed by atoms with Gasteiger partial charge in [-0.05, 0) is 52.0 Å². The molecular weight excluding hydrogens is 198 g/mol. The van der Waals surface area contributed by atoms with Crippen LogP contribution in [0.5, 0.6) is 0 Å². The Labute approximate surface area is 100 Å². The summed E-state index contributed by atoms with van der Waals surface area (Å²) < 4.78 is 5.77. The summed E-state index contributed by atoms with van der Waals surface area (Å²) in [6.45, 7) is 5.64. The molecule has 0 radical (unpaired) electrons. The fourth-order valence-corrected chi connectivity index (χ4v) is 3.30. The lowest BCUT2D eigenvalue weighted by Gasteiger charge is -2.34. The van der Waals surface area contributed by atoms with E-state index >= 15 is 0 Å². The van der Waals surface area contributed by atoms with Crippen molar-refractivity contribution in [2.45, 2.75) is 77.0 Å². The lowest BCUT2D eigenvalue weighted by molar-refractivity contribution is -0.0426. The smallest absolute Gasteiger partial charge is 0.0565 e. The second-order valence-corrected chi connectivity index (χ2v) is 5.84. The number of hydrogen-bond acceptors (Lipinski definition) is 2. The van der Waals surface area contributed by atoms with Gasteiger partial charge in [0.05, 0.1) is 12.2 Å². The fourth-order valence-electron chi connectivity index (χ4n) is 3.30. The first-order valence-electron chi connectivity index (χ1n) is 7.13. The number of rotatable bonds is 3. The SMILES string of the molecule is CC1CC(NCC2CCCCC2)CC(C)O1. The van der Waals surface area contributed by atoms with Crippen LogP contribution in [-0.2, 0) is 4.74 Å². The quantitative estimate of drug-likeness (QED) is 0.797. The summed E-state index contributed by atoms with van der Waals surface area (Å²) in [6.07, 6.45) is 10.5. The Balaban J connectivity index is 1.68. The molecule has 1 aliphatic carbocycles. The Hall–Kier alpha value is -0.0800. The third kappa shape index (κ3) is 3.74. The van der Waals surface area contributed by atoms with Crippen LogP contribution in [0.4, 0.5) is 0 Å². The molecule has 2 heteroatoms. The molecular formula is C14H27NO. The first kappa shape index (κ1) is 12.4. The molecule has 1 saturated heterocycles. The third-order valence-corrected chi connectivity index (χ3v) is 4.12. The van der Waals surface area contributed by atoms with Crippen LogP contribution in [-0.4, -0.2) is 24.8 Å². The van der Waals surface area contributed by atoms with Gasteiger partial charge in [0.15, 0.2) is 0 Å². The zero-order valence-electron chi connectivity index (χ0n) is 10.9. The molecule has 1 saturated carbocycles. The van der Waals surface area contributed by atoms with Gasteiger partial charge in [0.2, 0.25) is 0 Å². The van der Waals surface area contributed by atoms with Gasteiger partial charge in [0.1, 0.15) is 0 Å². The molecule has 2 rings (SSSR count). The number of hydrogen-bond donors (Lipinski definition) is 1. The number of nitrogens with one attached hydrogen (secondary N) is 1. The first-order chi connectivity index (χ1) is 7.74. The monoisotopic (exact) mass is 225 g/mol. The van der Waals surface area contributed by atoms with E-state index in [0.717, 1.165) is 5.92 Å². The normalized spacial score (nSPS) is 37.5. The highest BCUT2D eigenvalue weighted by Crippen LogP contribution is 2.24. The average molecular weight is 225 g/mol. The molecule has 1 heterocycles. The predicted octanol–water partition coefficient (Wildman–Crippen LogP) is 3.11. The van der Waals surface area contributed by atoms with E-state index in [1.54, 1.807) is 0 Å². The molecule has 0 aromatic rings. The van der Waals surface area contributed by atoms with E-state index in [1.165, 1.54) is 51.5 Å². The molecule has 0 spiro atoms. The minimum absolute atomic E-state index is 0.438. The molecule has 2 unspecified atom stereocenters. The van der Waals surface area contributed by atoms with Crippen LogP contribution in [0.15, 0.2) is 0 Å². The molecule has 0 bridgehead atoms. The molecule has 0 aromatic heterocycles. The van der Waals surface area contributed by atoms with Crippen LogP contribution in [0.25, 0.3) is 0 Å². The molecule has 2 fully saturated rings. The van der Waals surface area contributed by atoms with E-state index in [1.807, 2.05) is 0 Å². The Morgan fingerprint density at radius 3 is 2.25 bits per heavy atom. The summed E-state index contributed by atoms with van der Waals surface area (Å²) in [5, 5.41) is 3.77. The summed E-state index contributed by atoms with van der Waals surface area (Å²) in [5.41, 5.74) is 0. The summed E-state index contributed by atoms with van der Waals surface area (Å²) in [6, 6.07) is 0.695. The highest BCUT2D eigenvalue weighted by atomic mass is 16.5. The molecule has 0 aromatic carbocycles. The van der Waals surface area contributed by atoms with Crippen molar-refractivity contribution in [3.05, 3.63) is 0 Å².